The lowest BCUT2D eigenvalue weighted by Crippen LogP contribution is -2.20. The molecule has 1 aliphatic rings. The minimum atomic E-state index is 0.000215. The zero-order valence-electron chi connectivity index (χ0n) is 11.7. The smallest absolute Gasteiger partial charge is 0.150 e. The molecule has 0 amide bonds. The second-order valence-corrected chi connectivity index (χ2v) is 5.07. The van der Waals surface area contributed by atoms with Gasteiger partial charge in [0.2, 0.25) is 0 Å². The summed E-state index contributed by atoms with van der Waals surface area (Å²) in [6, 6.07) is 3.92. The third kappa shape index (κ3) is 2.29. The Labute approximate surface area is 118 Å². The number of nitrogen functional groups attached to an aromatic ring is 1. The van der Waals surface area contributed by atoms with E-state index < -0.39 is 0 Å². The molecule has 0 spiro atoms. The van der Waals surface area contributed by atoms with Crippen molar-refractivity contribution in [1.29, 1.82) is 0 Å². The summed E-state index contributed by atoms with van der Waals surface area (Å²) >= 11 is 0. The standard InChI is InChI=1S/C15H20N4O/c1-2-11-6-8-17-15(14(11)16)12-7-9-18-19(12)13-5-3-4-10-20-13/h6-9,13H,2-5,10,16H2,1H3. The van der Waals surface area contributed by atoms with Crippen LogP contribution in [0.15, 0.2) is 24.5 Å². The van der Waals surface area contributed by atoms with E-state index in [2.05, 4.69) is 17.0 Å². The second-order valence-electron chi connectivity index (χ2n) is 5.07. The molecule has 1 aliphatic heterocycles. The third-order valence-corrected chi connectivity index (χ3v) is 3.80. The Morgan fingerprint density at radius 1 is 1.35 bits per heavy atom. The maximum atomic E-state index is 6.24. The molecule has 2 aromatic heterocycles. The fourth-order valence-electron chi connectivity index (χ4n) is 2.67. The first-order chi connectivity index (χ1) is 9.81. The van der Waals surface area contributed by atoms with Gasteiger partial charge < -0.3 is 10.5 Å². The van der Waals surface area contributed by atoms with Gasteiger partial charge in [0.1, 0.15) is 5.69 Å². The minimum Gasteiger partial charge on any atom is -0.397 e. The SMILES string of the molecule is CCc1ccnc(-c2ccnn2C2CCCCO2)c1N. The van der Waals surface area contributed by atoms with Gasteiger partial charge in [0.25, 0.3) is 0 Å². The van der Waals surface area contributed by atoms with E-state index in [9.17, 15) is 0 Å². The Morgan fingerprint density at radius 3 is 3.00 bits per heavy atom. The number of pyridine rings is 1. The highest BCUT2D eigenvalue weighted by Gasteiger charge is 2.21. The van der Waals surface area contributed by atoms with E-state index in [1.54, 1.807) is 6.20 Å². The number of anilines is 1. The Kier molecular flexibility index (Phi) is 3.69. The first-order valence-electron chi connectivity index (χ1n) is 7.20. The fourth-order valence-corrected chi connectivity index (χ4v) is 2.67. The van der Waals surface area contributed by atoms with Crippen LogP contribution in [0.1, 0.15) is 38.0 Å². The van der Waals surface area contributed by atoms with Crippen LogP contribution in [0.4, 0.5) is 5.69 Å². The van der Waals surface area contributed by atoms with Gasteiger partial charge in [0, 0.05) is 19.0 Å². The molecule has 5 heteroatoms. The summed E-state index contributed by atoms with van der Waals surface area (Å²) in [5.74, 6) is 0. The van der Waals surface area contributed by atoms with Crippen LogP contribution in [0.2, 0.25) is 0 Å². The molecular formula is C15H20N4O. The van der Waals surface area contributed by atoms with Gasteiger partial charge in [-0.2, -0.15) is 5.10 Å². The summed E-state index contributed by atoms with van der Waals surface area (Å²) < 4.78 is 7.73. The van der Waals surface area contributed by atoms with E-state index in [-0.39, 0.29) is 6.23 Å². The van der Waals surface area contributed by atoms with Crippen molar-refractivity contribution in [1.82, 2.24) is 14.8 Å². The van der Waals surface area contributed by atoms with Crippen molar-refractivity contribution < 1.29 is 4.74 Å². The number of rotatable bonds is 3. The molecule has 1 unspecified atom stereocenters. The molecule has 1 saturated heterocycles. The van der Waals surface area contributed by atoms with Crippen LogP contribution in [0.5, 0.6) is 0 Å². The van der Waals surface area contributed by atoms with E-state index in [1.807, 2.05) is 23.0 Å². The fraction of sp³-hybridized carbons (Fsp3) is 0.467. The number of hydrogen-bond acceptors (Lipinski definition) is 4. The van der Waals surface area contributed by atoms with Crippen LogP contribution < -0.4 is 5.73 Å². The number of hydrogen-bond donors (Lipinski definition) is 1. The maximum absolute atomic E-state index is 6.24. The first-order valence-corrected chi connectivity index (χ1v) is 7.20. The van der Waals surface area contributed by atoms with Crippen LogP contribution in [-0.2, 0) is 11.2 Å². The monoisotopic (exact) mass is 272 g/mol. The van der Waals surface area contributed by atoms with Gasteiger partial charge >= 0.3 is 0 Å². The molecule has 1 atom stereocenters. The van der Waals surface area contributed by atoms with E-state index in [4.69, 9.17) is 10.5 Å². The summed E-state index contributed by atoms with van der Waals surface area (Å²) in [5.41, 5.74) is 9.84. The summed E-state index contributed by atoms with van der Waals surface area (Å²) in [6.45, 7) is 2.89. The molecule has 0 aromatic carbocycles. The first kappa shape index (κ1) is 13.1. The molecular weight excluding hydrogens is 252 g/mol. The zero-order chi connectivity index (χ0) is 13.9. The molecule has 0 aliphatic carbocycles. The normalized spacial score (nSPS) is 19.1. The highest BCUT2D eigenvalue weighted by atomic mass is 16.5. The molecule has 2 aromatic rings. The van der Waals surface area contributed by atoms with Crippen LogP contribution in [-0.4, -0.2) is 21.4 Å². The molecule has 0 saturated carbocycles. The summed E-state index contributed by atoms with van der Waals surface area (Å²) in [5, 5.41) is 4.41. The lowest BCUT2D eigenvalue weighted by atomic mass is 10.1. The number of aryl methyl sites for hydroxylation is 1. The topological polar surface area (TPSA) is 66.0 Å². The predicted molar refractivity (Wildman–Crippen MR) is 78.1 cm³/mol. The van der Waals surface area contributed by atoms with Crippen molar-refractivity contribution in [3.05, 3.63) is 30.1 Å². The van der Waals surface area contributed by atoms with Crippen molar-refractivity contribution in [3.63, 3.8) is 0 Å². The van der Waals surface area contributed by atoms with Crippen LogP contribution in [0.3, 0.4) is 0 Å². The number of ether oxygens (including phenoxy) is 1. The lowest BCUT2D eigenvalue weighted by molar-refractivity contribution is -0.0384. The van der Waals surface area contributed by atoms with Gasteiger partial charge in [-0.3, -0.25) is 4.98 Å². The molecule has 0 radical (unpaired) electrons. The molecule has 3 heterocycles. The summed E-state index contributed by atoms with van der Waals surface area (Å²) in [7, 11) is 0. The molecule has 3 rings (SSSR count). The predicted octanol–water partition coefficient (Wildman–Crippen LogP) is 2.79. The molecule has 2 N–H and O–H groups in total. The largest absolute Gasteiger partial charge is 0.397 e. The van der Waals surface area contributed by atoms with Crippen LogP contribution in [0.25, 0.3) is 11.4 Å². The van der Waals surface area contributed by atoms with Gasteiger partial charge in [-0.1, -0.05) is 6.92 Å². The maximum Gasteiger partial charge on any atom is 0.150 e. The lowest BCUT2D eigenvalue weighted by Gasteiger charge is -2.24. The molecule has 0 bridgehead atoms. The average molecular weight is 272 g/mol. The average Bonchev–Trinajstić information content (AvgIpc) is 2.97. The van der Waals surface area contributed by atoms with Gasteiger partial charge in [0.15, 0.2) is 6.23 Å². The third-order valence-electron chi connectivity index (χ3n) is 3.80. The Morgan fingerprint density at radius 2 is 2.25 bits per heavy atom. The Bertz CT molecular complexity index is 587. The van der Waals surface area contributed by atoms with Crippen molar-refractivity contribution in [3.8, 4) is 11.4 Å². The number of aromatic nitrogens is 3. The molecule has 106 valence electrons. The number of nitrogens with zero attached hydrogens (tertiary/aromatic N) is 3. The van der Waals surface area contributed by atoms with Crippen molar-refractivity contribution in [2.24, 2.45) is 0 Å². The van der Waals surface area contributed by atoms with E-state index in [0.717, 1.165) is 48.5 Å². The van der Waals surface area contributed by atoms with E-state index >= 15 is 0 Å². The molecule has 1 fully saturated rings. The molecule has 20 heavy (non-hydrogen) atoms. The van der Waals surface area contributed by atoms with E-state index in [1.165, 1.54) is 6.42 Å². The van der Waals surface area contributed by atoms with Gasteiger partial charge in [0.05, 0.1) is 11.4 Å². The Balaban J connectivity index is 2.01. The van der Waals surface area contributed by atoms with Crippen LogP contribution in [0, 0.1) is 0 Å². The van der Waals surface area contributed by atoms with Gasteiger partial charge in [-0.05, 0) is 43.4 Å². The minimum absolute atomic E-state index is 0.000215. The Hall–Kier alpha value is -1.88. The highest BCUT2D eigenvalue weighted by Crippen LogP contribution is 2.31. The van der Waals surface area contributed by atoms with Gasteiger partial charge in [-0.15, -0.1) is 0 Å². The van der Waals surface area contributed by atoms with Crippen LogP contribution >= 0.6 is 0 Å². The van der Waals surface area contributed by atoms with E-state index in [0.29, 0.717) is 0 Å². The quantitative estimate of drug-likeness (QED) is 0.933. The van der Waals surface area contributed by atoms with Gasteiger partial charge in [-0.25, -0.2) is 4.68 Å². The van der Waals surface area contributed by atoms with Crippen molar-refractivity contribution in [2.75, 3.05) is 12.3 Å². The summed E-state index contributed by atoms with van der Waals surface area (Å²) in [6.07, 6.45) is 7.77. The highest BCUT2D eigenvalue weighted by molar-refractivity contribution is 5.72. The van der Waals surface area contributed by atoms with Crippen molar-refractivity contribution in [2.45, 2.75) is 38.8 Å². The zero-order valence-corrected chi connectivity index (χ0v) is 11.7. The van der Waals surface area contributed by atoms with Crippen molar-refractivity contribution >= 4 is 5.69 Å². The second kappa shape index (κ2) is 5.63. The summed E-state index contributed by atoms with van der Waals surface area (Å²) in [4.78, 5) is 4.44. The number of nitrogens with two attached hydrogens (primary N) is 1. The molecule has 5 nitrogen and oxygen atoms in total.